The standard InChI is InChI=1S/C20H22Cl2N2O5/c1-12-10-23(7-8-24(12)20(27)18-6-4-15(11-25)29-18)19(26)13(2)28-17-5-3-14(21)9-16(17)22/h3-6,9,12-13,25H,7-8,10-11H2,1-2H3. The van der Waals surface area contributed by atoms with Crippen molar-refractivity contribution < 1.29 is 23.8 Å². The molecule has 2 unspecified atom stereocenters. The van der Waals surface area contributed by atoms with Gasteiger partial charge in [0.2, 0.25) is 0 Å². The predicted molar refractivity (Wildman–Crippen MR) is 108 cm³/mol. The molecule has 2 aromatic rings. The van der Waals surface area contributed by atoms with Gasteiger partial charge in [-0.3, -0.25) is 9.59 Å². The molecule has 0 radical (unpaired) electrons. The van der Waals surface area contributed by atoms with Crippen molar-refractivity contribution >= 4 is 35.0 Å². The van der Waals surface area contributed by atoms with E-state index in [9.17, 15) is 9.59 Å². The number of benzene rings is 1. The molecule has 3 rings (SSSR count). The quantitative estimate of drug-likeness (QED) is 0.771. The molecule has 2 heterocycles. The Labute approximate surface area is 178 Å². The van der Waals surface area contributed by atoms with Gasteiger partial charge in [-0.1, -0.05) is 23.2 Å². The maximum Gasteiger partial charge on any atom is 0.289 e. The van der Waals surface area contributed by atoms with Gasteiger partial charge in [0.1, 0.15) is 18.1 Å². The number of rotatable bonds is 5. The highest BCUT2D eigenvalue weighted by Gasteiger charge is 2.33. The monoisotopic (exact) mass is 440 g/mol. The minimum atomic E-state index is -0.736. The van der Waals surface area contributed by atoms with E-state index in [1.807, 2.05) is 6.92 Å². The summed E-state index contributed by atoms with van der Waals surface area (Å²) in [6, 6.07) is 7.73. The summed E-state index contributed by atoms with van der Waals surface area (Å²) in [5, 5.41) is 9.91. The van der Waals surface area contributed by atoms with Gasteiger partial charge in [0.05, 0.1) is 5.02 Å². The van der Waals surface area contributed by atoms with E-state index < -0.39 is 6.10 Å². The fourth-order valence-corrected chi connectivity index (χ4v) is 3.70. The van der Waals surface area contributed by atoms with Gasteiger partial charge in [-0.25, -0.2) is 0 Å². The van der Waals surface area contributed by atoms with Crippen LogP contribution in [0.4, 0.5) is 0 Å². The lowest BCUT2D eigenvalue weighted by Gasteiger charge is -2.40. The Morgan fingerprint density at radius 1 is 1.28 bits per heavy atom. The number of halogens is 2. The van der Waals surface area contributed by atoms with Crippen molar-refractivity contribution in [1.29, 1.82) is 0 Å². The smallest absolute Gasteiger partial charge is 0.289 e. The van der Waals surface area contributed by atoms with Gasteiger partial charge in [-0.15, -0.1) is 0 Å². The maximum absolute atomic E-state index is 12.8. The summed E-state index contributed by atoms with van der Waals surface area (Å²) in [6.45, 7) is 4.39. The number of hydrogen-bond donors (Lipinski definition) is 1. The van der Waals surface area contributed by atoms with E-state index >= 15 is 0 Å². The highest BCUT2D eigenvalue weighted by molar-refractivity contribution is 6.35. The van der Waals surface area contributed by atoms with Crippen molar-refractivity contribution in [2.75, 3.05) is 19.6 Å². The van der Waals surface area contributed by atoms with Gasteiger partial charge in [-0.05, 0) is 44.2 Å². The summed E-state index contributed by atoms with van der Waals surface area (Å²) in [7, 11) is 0. The number of carbonyl (C=O) groups is 2. The van der Waals surface area contributed by atoms with Crippen molar-refractivity contribution in [2.24, 2.45) is 0 Å². The number of piperazine rings is 1. The lowest BCUT2D eigenvalue weighted by Crippen LogP contribution is -2.57. The zero-order valence-electron chi connectivity index (χ0n) is 16.1. The number of aliphatic hydroxyl groups is 1. The molecule has 1 aliphatic heterocycles. The SMILES string of the molecule is CC(Oc1ccc(Cl)cc1Cl)C(=O)N1CCN(C(=O)c2ccc(CO)o2)C(C)C1. The molecule has 1 N–H and O–H groups in total. The molecule has 1 saturated heterocycles. The van der Waals surface area contributed by atoms with E-state index in [-0.39, 0.29) is 30.2 Å². The minimum absolute atomic E-state index is 0.176. The van der Waals surface area contributed by atoms with Gasteiger partial charge in [0.25, 0.3) is 11.8 Å². The van der Waals surface area contributed by atoms with Crippen LogP contribution in [0.3, 0.4) is 0 Å². The van der Waals surface area contributed by atoms with E-state index in [0.29, 0.717) is 41.2 Å². The van der Waals surface area contributed by atoms with Gasteiger partial charge in [0.15, 0.2) is 11.9 Å². The van der Waals surface area contributed by atoms with Crippen LogP contribution in [-0.4, -0.2) is 58.5 Å². The molecule has 9 heteroatoms. The molecule has 1 aliphatic rings. The molecule has 1 aromatic heterocycles. The van der Waals surface area contributed by atoms with Gasteiger partial charge in [0, 0.05) is 30.7 Å². The Kier molecular flexibility index (Phi) is 6.72. The molecule has 0 aliphatic carbocycles. The molecule has 0 saturated carbocycles. The highest BCUT2D eigenvalue weighted by Crippen LogP contribution is 2.28. The largest absolute Gasteiger partial charge is 0.479 e. The first-order valence-corrected chi connectivity index (χ1v) is 9.96. The summed E-state index contributed by atoms with van der Waals surface area (Å²) in [5.41, 5.74) is 0. The van der Waals surface area contributed by atoms with Crippen molar-refractivity contribution in [3.05, 3.63) is 51.9 Å². The van der Waals surface area contributed by atoms with E-state index in [1.165, 1.54) is 0 Å². The number of ether oxygens (including phenoxy) is 1. The normalized spacial score (nSPS) is 17.9. The van der Waals surface area contributed by atoms with E-state index in [0.717, 1.165) is 0 Å². The van der Waals surface area contributed by atoms with Crippen molar-refractivity contribution in [2.45, 2.75) is 32.6 Å². The number of hydrogen-bond acceptors (Lipinski definition) is 5. The molecular weight excluding hydrogens is 419 g/mol. The molecule has 2 amide bonds. The van der Waals surface area contributed by atoms with E-state index in [2.05, 4.69) is 0 Å². The van der Waals surface area contributed by atoms with Crippen LogP contribution in [-0.2, 0) is 11.4 Å². The Balaban J connectivity index is 1.60. The third-order valence-electron chi connectivity index (χ3n) is 4.77. The summed E-state index contributed by atoms with van der Waals surface area (Å²) in [5.74, 6) is 0.449. The molecule has 0 bridgehead atoms. The molecule has 0 spiro atoms. The number of furan rings is 1. The predicted octanol–water partition coefficient (Wildman–Crippen LogP) is 3.22. The topological polar surface area (TPSA) is 83.2 Å². The number of amides is 2. The van der Waals surface area contributed by atoms with Crippen molar-refractivity contribution in [3.63, 3.8) is 0 Å². The fourth-order valence-electron chi connectivity index (χ4n) is 3.25. The van der Waals surface area contributed by atoms with Gasteiger partial charge < -0.3 is 24.1 Å². The first-order chi connectivity index (χ1) is 13.8. The molecule has 1 aromatic carbocycles. The summed E-state index contributed by atoms with van der Waals surface area (Å²) >= 11 is 12.0. The maximum atomic E-state index is 12.8. The zero-order chi connectivity index (χ0) is 21.1. The average Bonchev–Trinajstić information content (AvgIpc) is 3.18. The van der Waals surface area contributed by atoms with E-state index in [1.54, 1.807) is 47.1 Å². The van der Waals surface area contributed by atoms with Crippen LogP contribution in [0.2, 0.25) is 10.0 Å². The van der Waals surface area contributed by atoms with Crippen LogP contribution in [0.1, 0.15) is 30.2 Å². The number of aliphatic hydroxyl groups excluding tert-OH is 1. The van der Waals surface area contributed by atoms with Crippen LogP contribution < -0.4 is 4.74 Å². The second-order valence-electron chi connectivity index (χ2n) is 6.89. The Hall–Kier alpha value is -2.22. The summed E-state index contributed by atoms with van der Waals surface area (Å²) in [4.78, 5) is 28.8. The zero-order valence-corrected chi connectivity index (χ0v) is 17.6. The first kappa shape index (κ1) is 21.5. The van der Waals surface area contributed by atoms with Gasteiger partial charge >= 0.3 is 0 Å². The fraction of sp³-hybridized carbons (Fsp3) is 0.400. The van der Waals surface area contributed by atoms with Crippen molar-refractivity contribution in [3.8, 4) is 5.75 Å². The third-order valence-corrected chi connectivity index (χ3v) is 5.30. The van der Waals surface area contributed by atoms with Crippen LogP contribution >= 0.6 is 23.2 Å². The molecular formula is C20H22Cl2N2O5. The Bertz CT molecular complexity index is 901. The lowest BCUT2D eigenvalue weighted by atomic mass is 10.1. The molecule has 156 valence electrons. The number of nitrogens with zero attached hydrogens (tertiary/aromatic N) is 2. The first-order valence-electron chi connectivity index (χ1n) is 9.21. The second kappa shape index (κ2) is 9.07. The van der Waals surface area contributed by atoms with Crippen LogP contribution in [0.15, 0.2) is 34.7 Å². The highest BCUT2D eigenvalue weighted by atomic mass is 35.5. The van der Waals surface area contributed by atoms with Crippen molar-refractivity contribution in [1.82, 2.24) is 9.80 Å². The van der Waals surface area contributed by atoms with Gasteiger partial charge in [-0.2, -0.15) is 0 Å². The van der Waals surface area contributed by atoms with E-state index in [4.69, 9.17) is 37.5 Å². The Morgan fingerprint density at radius 2 is 2.03 bits per heavy atom. The lowest BCUT2D eigenvalue weighted by molar-refractivity contribution is -0.140. The molecule has 29 heavy (non-hydrogen) atoms. The Morgan fingerprint density at radius 3 is 2.66 bits per heavy atom. The number of carbonyl (C=O) groups excluding carboxylic acids is 2. The third kappa shape index (κ3) is 4.86. The van der Waals surface area contributed by atoms with Crippen LogP contribution in [0.25, 0.3) is 0 Å². The second-order valence-corrected chi connectivity index (χ2v) is 7.73. The van der Waals surface area contributed by atoms with Crippen LogP contribution in [0.5, 0.6) is 5.75 Å². The average molecular weight is 441 g/mol. The summed E-state index contributed by atoms with van der Waals surface area (Å²) in [6.07, 6.45) is -0.736. The molecule has 1 fully saturated rings. The van der Waals surface area contributed by atoms with Crippen LogP contribution in [0, 0.1) is 0 Å². The molecule has 7 nitrogen and oxygen atoms in total. The molecule has 2 atom stereocenters. The minimum Gasteiger partial charge on any atom is -0.479 e. The summed E-state index contributed by atoms with van der Waals surface area (Å²) < 4.78 is 11.0.